The van der Waals surface area contributed by atoms with Gasteiger partial charge in [0.2, 0.25) is 0 Å². The summed E-state index contributed by atoms with van der Waals surface area (Å²) < 4.78 is 38.6. The van der Waals surface area contributed by atoms with Crippen LogP contribution in [0.15, 0.2) is 18.3 Å². The summed E-state index contributed by atoms with van der Waals surface area (Å²) in [6.45, 7) is 3.65. The number of halogens is 3. The minimum absolute atomic E-state index is 0.127. The maximum Gasteiger partial charge on any atom is 0.394 e. The van der Waals surface area contributed by atoms with Gasteiger partial charge in [-0.2, -0.15) is 23.5 Å². The number of Topliss-reactive ketones (excluding diaryl/α,β-unsaturated/α-hetero) is 1. The summed E-state index contributed by atoms with van der Waals surface area (Å²) in [5.41, 5.74) is 2.65. The average molecular weight is 391 g/mol. The number of carbonyl (C=O) groups excluding carboxylic acids is 1. The molecule has 2 aromatic rings. The van der Waals surface area contributed by atoms with Gasteiger partial charge in [-0.3, -0.25) is 4.79 Å². The molecule has 0 aliphatic heterocycles. The van der Waals surface area contributed by atoms with E-state index >= 15 is 0 Å². The summed E-state index contributed by atoms with van der Waals surface area (Å²) in [6.07, 6.45) is 1.69. The lowest BCUT2D eigenvalue weighted by atomic mass is 9.79. The Kier molecular flexibility index (Phi) is 5.51. The van der Waals surface area contributed by atoms with Crippen LogP contribution in [-0.2, 0) is 4.79 Å². The van der Waals surface area contributed by atoms with Crippen LogP contribution < -0.4 is 0 Å². The monoisotopic (exact) mass is 391 g/mol. The molecule has 0 amide bonds. The zero-order valence-electron chi connectivity index (χ0n) is 16.1. The van der Waals surface area contributed by atoms with E-state index in [0.717, 1.165) is 11.2 Å². The molecule has 2 aliphatic carbocycles. The van der Waals surface area contributed by atoms with Crippen LogP contribution in [-0.4, -0.2) is 21.6 Å². The molecule has 0 bridgehead atoms. The summed E-state index contributed by atoms with van der Waals surface area (Å²) in [4.78, 5) is 10.8. The smallest absolute Gasteiger partial charge is 0.300 e. The predicted molar refractivity (Wildman–Crippen MR) is 98.9 cm³/mol. The predicted octanol–water partition coefficient (Wildman–Crippen LogP) is 5.48. The van der Waals surface area contributed by atoms with Gasteiger partial charge < -0.3 is 0 Å². The van der Waals surface area contributed by atoms with E-state index in [1.807, 2.05) is 22.8 Å². The van der Waals surface area contributed by atoms with Crippen LogP contribution in [0.1, 0.15) is 74.6 Å². The van der Waals surface area contributed by atoms with Gasteiger partial charge in [-0.1, -0.05) is 13.3 Å². The highest BCUT2D eigenvalue weighted by molar-refractivity contribution is 5.79. The first kappa shape index (κ1) is 20.4. The Balaban J connectivity index is 0.000000169. The summed E-state index contributed by atoms with van der Waals surface area (Å²) in [5, 5.41) is 13.4. The van der Waals surface area contributed by atoms with Crippen molar-refractivity contribution in [3.8, 4) is 6.07 Å². The van der Waals surface area contributed by atoms with Crippen molar-refractivity contribution in [3.63, 3.8) is 0 Å². The van der Waals surface area contributed by atoms with Gasteiger partial charge in [0.1, 0.15) is 5.78 Å². The van der Waals surface area contributed by atoms with E-state index in [2.05, 4.69) is 18.1 Å². The molecule has 0 atom stereocenters. The van der Waals surface area contributed by atoms with E-state index < -0.39 is 11.6 Å². The molecule has 2 aliphatic rings. The highest BCUT2D eigenvalue weighted by atomic mass is 19.4. The van der Waals surface area contributed by atoms with E-state index in [1.165, 1.54) is 24.8 Å². The Bertz CT molecular complexity index is 915. The van der Waals surface area contributed by atoms with Gasteiger partial charge in [-0.25, -0.2) is 4.52 Å². The number of alkyl halides is 3. The van der Waals surface area contributed by atoms with Gasteiger partial charge in [0, 0.05) is 24.6 Å². The Morgan fingerprint density at radius 2 is 2.07 bits per heavy atom. The van der Waals surface area contributed by atoms with Crippen molar-refractivity contribution in [2.75, 3.05) is 0 Å². The van der Waals surface area contributed by atoms with Crippen LogP contribution in [0.5, 0.6) is 0 Å². The summed E-state index contributed by atoms with van der Waals surface area (Å²) >= 11 is 0. The van der Waals surface area contributed by atoms with Crippen molar-refractivity contribution < 1.29 is 18.0 Å². The molecule has 2 aromatic heterocycles. The first-order chi connectivity index (χ1) is 13.2. The second kappa shape index (κ2) is 7.57. The number of carbonyl (C=O) groups is 1. The average Bonchev–Trinajstić information content (AvgIpc) is 3.33. The number of fused-ring (bicyclic) bond motifs is 1. The Morgan fingerprint density at radius 1 is 1.39 bits per heavy atom. The molecule has 0 spiro atoms. The van der Waals surface area contributed by atoms with Crippen molar-refractivity contribution in [2.45, 2.75) is 70.9 Å². The molecule has 2 saturated carbocycles. The van der Waals surface area contributed by atoms with E-state index in [1.54, 1.807) is 6.92 Å². The minimum atomic E-state index is -4.18. The van der Waals surface area contributed by atoms with E-state index in [9.17, 15) is 18.0 Å². The standard InChI is InChI=1S/C13H13N3.C8H11F3O/c1-9-13(11-3-2-4-11)12-7-10(8-14)5-6-16(12)15-9;1-2-6(12)5-7(3-4-7)8(9,10)11/h5-7,11H,2-4H2,1H3;2-5H2,1H3. The van der Waals surface area contributed by atoms with Gasteiger partial charge in [0.25, 0.3) is 0 Å². The number of hydrogen-bond acceptors (Lipinski definition) is 3. The number of nitriles is 1. The number of aryl methyl sites for hydroxylation is 1. The molecular formula is C21H24F3N3O. The highest BCUT2D eigenvalue weighted by Crippen LogP contribution is 2.60. The van der Waals surface area contributed by atoms with Crippen molar-refractivity contribution >= 4 is 11.3 Å². The quantitative estimate of drug-likeness (QED) is 0.693. The zero-order chi connectivity index (χ0) is 20.5. The molecule has 28 heavy (non-hydrogen) atoms. The SMILES string of the molecule is CCC(=O)CC1(C(F)(F)F)CC1.Cc1nn2ccc(C#N)cc2c1C1CCC1. The molecule has 150 valence electrons. The molecule has 4 rings (SSSR count). The van der Waals surface area contributed by atoms with Crippen LogP contribution in [0.2, 0.25) is 0 Å². The third-order valence-electron chi connectivity index (χ3n) is 5.89. The largest absolute Gasteiger partial charge is 0.394 e. The lowest BCUT2D eigenvalue weighted by Crippen LogP contribution is -2.26. The number of ketones is 1. The maximum atomic E-state index is 12.2. The molecule has 0 N–H and O–H groups in total. The van der Waals surface area contributed by atoms with Crippen LogP contribution >= 0.6 is 0 Å². The summed E-state index contributed by atoms with van der Waals surface area (Å²) in [6, 6.07) is 5.95. The van der Waals surface area contributed by atoms with Crippen LogP contribution in [0.25, 0.3) is 5.52 Å². The molecule has 2 heterocycles. The van der Waals surface area contributed by atoms with Crippen LogP contribution in [0, 0.1) is 23.7 Å². The third-order valence-corrected chi connectivity index (χ3v) is 5.89. The molecule has 0 radical (unpaired) electrons. The highest BCUT2D eigenvalue weighted by Gasteiger charge is 2.63. The summed E-state index contributed by atoms with van der Waals surface area (Å²) in [5.74, 6) is 0.372. The number of pyridine rings is 1. The van der Waals surface area contributed by atoms with Crippen molar-refractivity contribution in [3.05, 3.63) is 35.2 Å². The Hall–Kier alpha value is -2.36. The first-order valence-corrected chi connectivity index (χ1v) is 9.68. The fraction of sp³-hybridized carbons (Fsp3) is 0.571. The zero-order valence-corrected chi connectivity index (χ0v) is 16.1. The normalized spacial score (nSPS) is 18.0. The number of nitrogens with zero attached hydrogens (tertiary/aromatic N) is 3. The van der Waals surface area contributed by atoms with E-state index in [4.69, 9.17) is 5.26 Å². The van der Waals surface area contributed by atoms with Crippen molar-refractivity contribution in [2.24, 2.45) is 5.41 Å². The first-order valence-electron chi connectivity index (χ1n) is 9.68. The van der Waals surface area contributed by atoms with Crippen LogP contribution in [0.3, 0.4) is 0 Å². The number of hydrogen-bond donors (Lipinski definition) is 0. The van der Waals surface area contributed by atoms with Gasteiger partial charge in [-0.05, 0) is 50.7 Å². The number of aromatic nitrogens is 2. The maximum absolute atomic E-state index is 12.2. The van der Waals surface area contributed by atoms with Gasteiger partial charge in [-0.15, -0.1) is 0 Å². The van der Waals surface area contributed by atoms with E-state index in [-0.39, 0.29) is 31.5 Å². The van der Waals surface area contributed by atoms with Gasteiger partial charge in [0.15, 0.2) is 0 Å². The molecule has 0 unspecified atom stereocenters. The summed E-state index contributed by atoms with van der Waals surface area (Å²) in [7, 11) is 0. The van der Waals surface area contributed by atoms with E-state index in [0.29, 0.717) is 11.5 Å². The lowest BCUT2D eigenvalue weighted by Gasteiger charge is -2.25. The molecule has 0 saturated heterocycles. The molecule has 2 fully saturated rings. The third kappa shape index (κ3) is 3.91. The molecule has 4 nitrogen and oxygen atoms in total. The van der Waals surface area contributed by atoms with Crippen molar-refractivity contribution in [1.82, 2.24) is 9.61 Å². The van der Waals surface area contributed by atoms with Gasteiger partial charge >= 0.3 is 6.18 Å². The van der Waals surface area contributed by atoms with Crippen LogP contribution in [0.4, 0.5) is 13.2 Å². The Labute approximate surface area is 162 Å². The molecule has 0 aromatic carbocycles. The second-order valence-electron chi connectivity index (χ2n) is 7.83. The topological polar surface area (TPSA) is 58.2 Å². The fourth-order valence-corrected chi connectivity index (χ4v) is 3.67. The van der Waals surface area contributed by atoms with Gasteiger partial charge in [0.05, 0.1) is 28.3 Å². The second-order valence-corrected chi connectivity index (χ2v) is 7.83. The number of rotatable bonds is 4. The Morgan fingerprint density at radius 3 is 2.54 bits per heavy atom. The molecular weight excluding hydrogens is 367 g/mol. The van der Waals surface area contributed by atoms with Crippen molar-refractivity contribution in [1.29, 1.82) is 5.26 Å². The molecule has 7 heteroatoms. The lowest BCUT2D eigenvalue weighted by molar-refractivity contribution is -0.190. The fourth-order valence-electron chi connectivity index (χ4n) is 3.67. The minimum Gasteiger partial charge on any atom is -0.300 e.